The van der Waals surface area contributed by atoms with Crippen molar-refractivity contribution in [2.45, 2.75) is 6.92 Å². The van der Waals surface area contributed by atoms with E-state index in [0.29, 0.717) is 10.2 Å². The molecule has 0 fully saturated rings. The molecule has 0 aromatic heterocycles. The standard InChI is InChI=1S/C14H11BrFNO2/c1-8-6-9(14(18)19)2-5-13(8)17-10-3-4-11(15)12(16)7-10/h2-7,17H,1H3,(H,18,19). The summed E-state index contributed by atoms with van der Waals surface area (Å²) in [6.07, 6.45) is 0. The lowest BCUT2D eigenvalue weighted by molar-refractivity contribution is 0.0697. The van der Waals surface area contributed by atoms with E-state index in [0.717, 1.165) is 11.3 Å². The lowest BCUT2D eigenvalue weighted by Gasteiger charge is -2.10. The van der Waals surface area contributed by atoms with Crippen LogP contribution in [0.2, 0.25) is 0 Å². The molecule has 0 aliphatic carbocycles. The number of carbonyl (C=O) groups is 1. The Kier molecular flexibility index (Phi) is 3.85. The minimum absolute atomic E-state index is 0.227. The number of aryl methyl sites for hydroxylation is 1. The smallest absolute Gasteiger partial charge is 0.335 e. The molecule has 0 aliphatic rings. The Morgan fingerprint density at radius 3 is 2.58 bits per heavy atom. The predicted molar refractivity (Wildman–Crippen MR) is 75.5 cm³/mol. The highest BCUT2D eigenvalue weighted by atomic mass is 79.9. The third-order valence-electron chi connectivity index (χ3n) is 2.67. The maximum absolute atomic E-state index is 13.4. The van der Waals surface area contributed by atoms with E-state index >= 15 is 0 Å². The highest BCUT2D eigenvalue weighted by Gasteiger charge is 2.07. The molecular weight excluding hydrogens is 313 g/mol. The Morgan fingerprint density at radius 1 is 1.26 bits per heavy atom. The van der Waals surface area contributed by atoms with Gasteiger partial charge >= 0.3 is 5.97 Å². The van der Waals surface area contributed by atoms with Gasteiger partial charge in [-0.3, -0.25) is 0 Å². The summed E-state index contributed by atoms with van der Waals surface area (Å²) in [5.41, 5.74) is 2.35. The minimum Gasteiger partial charge on any atom is -0.478 e. The molecule has 0 amide bonds. The Labute approximate surface area is 118 Å². The molecule has 2 rings (SSSR count). The van der Waals surface area contributed by atoms with Gasteiger partial charge in [0.05, 0.1) is 10.0 Å². The van der Waals surface area contributed by atoms with Gasteiger partial charge in [0, 0.05) is 11.4 Å². The molecule has 0 spiro atoms. The molecule has 5 heteroatoms. The molecule has 2 aromatic rings. The number of rotatable bonds is 3. The molecule has 0 saturated heterocycles. The summed E-state index contributed by atoms with van der Waals surface area (Å²) in [7, 11) is 0. The van der Waals surface area contributed by atoms with Crippen LogP contribution in [0.25, 0.3) is 0 Å². The maximum Gasteiger partial charge on any atom is 0.335 e. The number of aromatic carboxylic acids is 1. The van der Waals surface area contributed by atoms with Crippen LogP contribution in [0.4, 0.5) is 15.8 Å². The average Bonchev–Trinajstić information content (AvgIpc) is 2.36. The molecular formula is C14H11BrFNO2. The van der Waals surface area contributed by atoms with E-state index < -0.39 is 5.97 Å². The fourth-order valence-electron chi connectivity index (χ4n) is 1.67. The van der Waals surface area contributed by atoms with Crippen molar-refractivity contribution in [3.05, 3.63) is 57.8 Å². The van der Waals surface area contributed by atoms with E-state index in [9.17, 15) is 9.18 Å². The van der Waals surface area contributed by atoms with E-state index in [1.807, 2.05) is 0 Å². The summed E-state index contributed by atoms with van der Waals surface area (Å²) in [5, 5.41) is 11.9. The van der Waals surface area contributed by atoms with Crippen LogP contribution >= 0.6 is 15.9 Å². The first-order valence-corrected chi connectivity index (χ1v) is 6.32. The van der Waals surface area contributed by atoms with Crippen LogP contribution in [0.3, 0.4) is 0 Å². The van der Waals surface area contributed by atoms with Crippen molar-refractivity contribution >= 4 is 33.3 Å². The lowest BCUT2D eigenvalue weighted by Crippen LogP contribution is -1.99. The Hall–Kier alpha value is -1.88. The Morgan fingerprint density at radius 2 is 2.00 bits per heavy atom. The Balaban J connectivity index is 2.28. The van der Waals surface area contributed by atoms with Gasteiger partial charge < -0.3 is 10.4 Å². The largest absolute Gasteiger partial charge is 0.478 e. The molecule has 3 nitrogen and oxygen atoms in total. The van der Waals surface area contributed by atoms with Gasteiger partial charge in [0.1, 0.15) is 5.82 Å². The van der Waals surface area contributed by atoms with Crippen LogP contribution < -0.4 is 5.32 Å². The number of hydrogen-bond donors (Lipinski definition) is 2. The molecule has 0 atom stereocenters. The van der Waals surface area contributed by atoms with E-state index in [2.05, 4.69) is 21.2 Å². The van der Waals surface area contributed by atoms with Gasteiger partial charge in [0.25, 0.3) is 0 Å². The zero-order valence-electron chi connectivity index (χ0n) is 10.1. The van der Waals surface area contributed by atoms with Crippen molar-refractivity contribution in [2.75, 3.05) is 5.32 Å². The number of anilines is 2. The summed E-state index contributed by atoms with van der Waals surface area (Å²) < 4.78 is 13.8. The summed E-state index contributed by atoms with van der Waals surface area (Å²) in [4.78, 5) is 10.8. The quantitative estimate of drug-likeness (QED) is 0.883. The van der Waals surface area contributed by atoms with Crippen molar-refractivity contribution in [1.82, 2.24) is 0 Å². The van der Waals surface area contributed by atoms with Gasteiger partial charge in [0.15, 0.2) is 0 Å². The summed E-state index contributed by atoms with van der Waals surface area (Å²) in [6, 6.07) is 9.45. The molecule has 0 heterocycles. The van der Waals surface area contributed by atoms with Gasteiger partial charge in [-0.05, 0) is 64.8 Å². The predicted octanol–water partition coefficient (Wildman–Crippen LogP) is 4.34. The topological polar surface area (TPSA) is 49.3 Å². The Bertz CT molecular complexity index is 643. The number of carboxylic acid groups (broad SMARTS) is 1. The molecule has 0 bridgehead atoms. The van der Waals surface area contributed by atoms with Gasteiger partial charge in [-0.15, -0.1) is 0 Å². The molecule has 19 heavy (non-hydrogen) atoms. The van der Waals surface area contributed by atoms with Crippen LogP contribution in [0.15, 0.2) is 40.9 Å². The number of hydrogen-bond acceptors (Lipinski definition) is 2. The molecule has 2 aromatic carbocycles. The second kappa shape index (κ2) is 5.40. The second-order valence-electron chi connectivity index (χ2n) is 4.09. The van der Waals surface area contributed by atoms with Crippen LogP contribution in [-0.2, 0) is 0 Å². The molecule has 0 aliphatic heterocycles. The van der Waals surface area contributed by atoms with Gasteiger partial charge in [-0.1, -0.05) is 0 Å². The highest BCUT2D eigenvalue weighted by molar-refractivity contribution is 9.10. The minimum atomic E-state index is -0.968. The van der Waals surface area contributed by atoms with Crippen molar-refractivity contribution < 1.29 is 14.3 Å². The molecule has 0 radical (unpaired) electrons. The van der Waals surface area contributed by atoms with Crippen LogP contribution in [-0.4, -0.2) is 11.1 Å². The first-order chi connectivity index (χ1) is 8.97. The number of carboxylic acids is 1. The van der Waals surface area contributed by atoms with E-state index in [1.165, 1.54) is 12.1 Å². The molecule has 2 N–H and O–H groups in total. The summed E-state index contributed by atoms with van der Waals surface area (Å²) in [6.45, 7) is 1.80. The maximum atomic E-state index is 13.4. The zero-order chi connectivity index (χ0) is 14.0. The first kappa shape index (κ1) is 13.5. The average molecular weight is 324 g/mol. The normalized spacial score (nSPS) is 10.3. The number of nitrogens with one attached hydrogen (secondary N) is 1. The lowest BCUT2D eigenvalue weighted by atomic mass is 10.1. The van der Waals surface area contributed by atoms with E-state index in [4.69, 9.17) is 5.11 Å². The fraction of sp³-hybridized carbons (Fsp3) is 0.0714. The van der Waals surface area contributed by atoms with E-state index in [1.54, 1.807) is 31.2 Å². The number of benzene rings is 2. The van der Waals surface area contributed by atoms with Crippen molar-refractivity contribution in [3.63, 3.8) is 0 Å². The molecule has 98 valence electrons. The monoisotopic (exact) mass is 323 g/mol. The van der Waals surface area contributed by atoms with Crippen LogP contribution in [0, 0.1) is 12.7 Å². The first-order valence-electron chi connectivity index (χ1n) is 5.53. The van der Waals surface area contributed by atoms with Crippen molar-refractivity contribution in [2.24, 2.45) is 0 Å². The third-order valence-corrected chi connectivity index (χ3v) is 3.32. The summed E-state index contributed by atoms with van der Waals surface area (Å²) in [5.74, 6) is -1.32. The van der Waals surface area contributed by atoms with Crippen molar-refractivity contribution in [1.29, 1.82) is 0 Å². The van der Waals surface area contributed by atoms with Gasteiger partial charge in [0.2, 0.25) is 0 Å². The van der Waals surface area contributed by atoms with E-state index in [-0.39, 0.29) is 11.4 Å². The molecule has 0 saturated carbocycles. The fourth-order valence-corrected chi connectivity index (χ4v) is 1.91. The highest BCUT2D eigenvalue weighted by Crippen LogP contribution is 2.25. The zero-order valence-corrected chi connectivity index (χ0v) is 11.7. The van der Waals surface area contributed by atoms with Crippen LogP contribution in [0.1, 0.15) is 15.9 Å². The van der Waals surface area contributed by atoms with Gasteiger partial charge in [-0.2, -0.15) is 0 Å². The van der Waals surface area contributed by atoms with Crippen molar-refractivity contribution in [3.8, 4) is 0 Å². The SMILES string of the molecule is Cc1cc(C(=O)O)ccc1Nc1ccc(Br)c(F)c1. The molecule has 0 unspecified atom stereocenters. The second-order valence-corrected chi connectivity index (χ2v) is 4.94. The number of halogens is 2. The van der Waals surface area contributed by atoms with Gasteiger partial charge in [-0.25, -0.2) is 9.18 Å². The third kappa shape index (κ3) is 3.12. The van der Waals surface area contributed by atoms with Crippen LogP contribution in [0.5, 0.6) is 0 Å². The summed E-state index contributed by atoms with van der Waals surface area (Å²) >= 11 is 3.09.